The first-order valence-corrected chi connectivity index (χ1v) is 5.18. The summed E-state index contributed by atoms with van der Waals surface area (Å²) in [7, 11) is 0. The molecule has 7 heteroatoms. The van der Waals surface area contributed by atoms with Crippen molar-refractivity contribution >= 4 is 11.5 Å². The zero-order chi connectivity index (χ0) is 11.7. The Balaban J connectivity index is 2.23. The van der Waals surface area contributed by atoms with Crippen LogP contribution in [0.4, 0.5) is 11.5 Å². The van der Waals surface area contributed by atoms with Crippen LogP contribution in [0.25, 0.3) is 0 Å². The van der Waals surface area contributed by atoms with Crippen molar-refractivity contribution in [2.45, 2.75) is 31.9 Å². The van der Waals surface area contributed by atoms with Gasteiger partial charge in [-0.05, 0) is 19.8 Å². The topological polar surface area (TPSA) is 96.2 Å². The Labute approximate surface area is 92.3 Å². The third kappa shape index (κ3) is 1.85. The summed E-state index contributed by atoms with van der Waals surface area (Å²) in [6.07, 6.45) is 2.91. The molecule has 88 valence electrons. The second-order valence-corrected chi connectivity index (χ2v) is 3.98. The average Bonchev–Trinajstić information content (AvgIpc) is 2.60. The van der Waals surface area contributed by atoms with Crippen molar-refractivity contribution in [3.05, 3.63) is 16.3 Å². The highest BCUT2D eigenvalue weighted by Crippen LogP contribution is 2.30. The number of hydrogen-bond donors (Lipinski definition) is 1. The summed E-state index contributed by atoms with van der Waals surface area (Å²) < 4.78 is 6.95. The summed E-state index contributed by atoms with van der Waals surface area (Å²) >= 11 is 0. The maximum Gasteiger partial charge on any atom is 0.330 e. The van der Waals surface area contributed by atoms with Crippen molar-refractivity contribution in [3.63, 3.8) is 0 Å². The van der Waals surface area contributed by atoms with Gasteiger partial charge in [0.25, 0.3) is 0 Å². The Hall–Kier alpha value is -1.63. The Morgan fingerprint density at radius 3 is 3.06 bits per heavy atom. The molecule has 2 rings (SSSR count). The standard InChI is InChI=1S/C9H14N4O3/c1-6-4-7(2-3-16-6)12-9(10)8(5-11-12)13(14)15/h5-7H,2-4,10H2,1H3. The normalized spacial score (nSPS) is 25.6. The van der Waals surface area contributed by atoms with Gasteiger partial charge in [0.05, 0.1) is 17.1 Å². The van der Waals surface area contributed by atoms with E-state index in [4.69, 9.17) is 10.5 Å². The molecule has 0 aliphatic carbocycles. The van der Waals surface area contributed by atoms with Crippen LogP contribution in [0.5, 0.6) is 0 Å². The number of ether oxygens (including phenoxy) is 1. The minimum absolute atomic E-state index is 0.0949. The largest absolute Gasteiger partial charge is 0.378 e. The zero-order valence-electron chi connectivity index (χ0n) is 9.00. The van der Waals surface area contributed by atoms with Gasteiger partial charge in [0.2, 0.25) is 5.82 Å². The molecule has 1 saturated heterocycles. The van der Waals surface area contributed by atoms with Gasteiger partial charge >= 0.3 is 5.69 Å². The van der Waals surface area contributed by atoms with Crippen LogP contribution in [-0.4, -0.2) is 27.4 Å². The van der Waals surface area contributed by atoms with Gasteiger partial charge in [-0.2, -0.15) is 5.10 Å². The van der Waals surface area contributed by atoms with Crippen LogP contribution in [-0.2, 0) is 4.74 Å². The lowest BCUT2D eigenvalue weighted by Gasteiger charge is -2.27. The molecule has 1 fully saturated rings. The van der Waals surface area contributed by atoms with Crippen LogP contribution in [0, 0.1) is 10.1 Å². The molecule has 2 heterocycles. The third-order valence-electron chi connectivity index (χ3n) is 2.81. The van der Waals surface area contributed by atoms with E-state index in [0.717, 1.165) is 12.8 Å². The van der Waals surface area contributed by atoms with Crippen molar-refractivity contribution in [2.75, 3.05) is 12.3 Å². The van der Waals surface area contributed by atoms with E-state index in [0.29, 0.717) is 6.61 Å². The van der Waals surface area contributed by atoms with Gasteiger partial charge in [-0.1, -0.05) is 0 Å². The van der Waals surface area contributed by atoms with Gasteiger partial charge in [-0.3, -0.25) is 10.1 Å². The van der Waals surface area contributed by atoms with E-state index in [-0.39, 0.29) is 23.7 Å². The summed E-state index contributed by atoms with van der Waals surface area (Å²) in [6, 6.07) is 0.0949. The van der Waals surface area contributed by atoms with Gasteiger partial charge in [-0.25, -0.2) is 4.68 Å². The van der Waals surface area contributed by atoms with E-state index in [1.54, 1.807) is 0 Å². The SMILES string of the molecule is CC1CC(n2ncc([N+](=O)[O-])c2N)CCO1. The van der Waals surface area contributed by atoms with Crippen LogP contribution in [0.2, 0.25) is 0 Å². The molecule has 2 N–H and O–H groups in total. The molecule has 1 aliphatic heterocycles. The molecular weight excluding hydrogens is 212 g/mol. The number of nitrogens with zero attached hydrogens (tertiary/aromatic N) is 3. The first-order valence-electron chi connectivity index (χ1n) is 5.18. The predicted molar refractivity (Wildman–Crippen MR) is 57.0 cm³/mol. The quantitative estimate of drug-likeness (QED) is 0.602. The number of nitrogen functional groups attached to an aromatic ring is 1. The van der Waals surface area contributed by atoms with Crippen LogP contribution in [0.15, 0.2) is 6.20 Å². The summed E-state index contributed by atoms with van der Waals surface area (Å²) in [5, 5.41) is 14.6. The van der Waals surface area contributed by atoms with Crippen molar-refractivity contribution in [1.82, 2.24) is 9.78 Å². The molecule has 0 saturated carbocycles. The summed E-state index contributed by atoms with van der Waals surface area (Å²) in [4.78, 5) is 10.1. The van der Waals surface area contributed by atoms with Gasteiger partial charge in [-0.15, -0.1) is 0 Å². The van der Waals surface area contributed by atoms with E-state index in [9.17, 15) is 10.1 Å². The molecular formula is C9H14N4O3. The Morgan fingerprint density at radius 1 is 1.75 bits per heavy atom. The van der Waals surface area contributed by atoms with E-state index in [1.807, 2.05) is 6.92 Å². The monoisotopic (exact) mass is 226 g/mol. The van der Waals surface area contributed by atoms with E-state index < -0.39 is 4.92 Å². The minimum atomic E-state index is -0.512. The van der Waals surface area contributed by atoms with Crippen LogP contribution in [0.3, 0.4) is 0 Å². The molecule has 0 spiro atoms. The number of anilines is 1. The van der Waals surface area contributed by atoms with Crippen LogP contribution < -0.4 is 5.73 Å². The number of hydrogen-bond acceptors (Lipinski definition) is 5. The second kappa shape index (κ2) is 4.09. The Bertz CT molecular complexity index is 403. The molecule has 2 unspecified atom stereocenters. The van der Waals surface area contributed by atoms with Gasteiger partial charge in [0.1, 0.15) is 6.20 Å². The van der Waals surface area contributed by atoms with Crippen molar-refractivity contribution in [1.29, 1.82) is 0 Å². The molecule has 7 nitrogen and oxygen atoms in total. The molecule has 1 aromatic heterocycles. The summed E-state index contributed by atoms with van der Waals surface area (Å²) in [6.45, 7) is 2.61. The summed E-state index contributed by atoms with van der Waals surface area (Å²) in [5.41, 5.74) is 5.57. The fraction of sp³-hybridized carbons (Fsp3) is 0.667. The number of aromatic nitrogens is 2. The molecule has 0 aromatic carbocycles. The highest BCUT2D eigenvalue weighted by Gasteiger charge is 2.26. The maximum absolute atomic E-state index is 10.6. The Kier molecular flexibility index (Phi) is 2.78. The molecule has 0 radical (unpaired) electrons. The lowest BCUT2D eigenvalue weighted by Crippen LogP contribution is -2.26. The Morgan fingerprint density at radius 2 is 2.50 bits per heavy atom. The molecule has 16 heavy (non-hydrogen) atoms. The number of rotatable bonds is 2. The lowest BCUT2D eigenvalue weighted by atomic mass is 10.0. The van der Waals surface area contributed by atoms with E-state index >= 15 is 0 Å². The highest BCUT2D eigenvalue weighted by molar-refractivity contribution is 5.51. The van der Waals surface area contributed by atoms with Crippen molar-refractivity contribution in [2.24, 2.45) is 0 Å². The first kappa shape index (κ1) is 10.9. The number of nitrogens with two attached hydrogens (primary N) is 1. The summed E-state index contributed by atoms with van der Waals surface area (Å²) in [5.74, 6) is 0.129. The van der Waals surface area contributed by atoms with Crippen molar-refractivity contribution < 1.29 is 9.66 Å². The highest BCUT2D eigenvalue weighted by atomic mass is 16.6. The predicted octanol–water partition coefficient (Wildman–Crippen LogP) is 1.11. The van der Waals surface area contributed by atoms with Crippen LogP contribution in [0.1, 0.15) is 25.8 Å². The number of nitro groups is 1. The lowest BCUT2D eigenvalue weighted by molar-refractivity contribution is -0.384. The molecule has 0 bridgehead atoms. The van der Waals surface area contributed by atoms with E-state index in [2.05, 4.69) is 5.10 Å². The zero-order valence-corrected chi connectivity index (χ0v) is 9.00. The fourth-order valence-corrected chi connectivity index (χ4v) is 1.99. The van der Waals surface area contributed by atoms with Gasteiger partial charge in [0.15, 0.2) is 0 Å². The fourth-order valence-electron chi connectivity index (χ4n) is 1.99. The van der Waals surface area contributed by atoms with Crippen LogP contribution >= 0.6 is 0 Å². The van der Waals surface area contributed by atoms with Gasteiger partial charge in [0, 0.05) is 6.61 Å². The third-order valence-corrected chi connectivity index (χ3v) is 2.81. The smallest absolute Gasteiger partial charge is 0.330 e. The minimum Gasteiger partial charge on any atom is -0.378 e. The van der Waals surface area contributed by atoms with Crippen molar-refractivity contribution in [3.8, 4) is 0 Å². The molecule has 2 atom stereocenters. The molecule has 0 amide bonds. The first-order chi connectivity index (χ1) is 7.59. The second-order valence-electron chi connectivity index (χ2n) is 3.98. The maximum atomic E-state index is 10.6. The molecule has 1 aliphatic rings. The average molecular weight is 226 g/mol. The van der Waals surface area contributed by atoms with E-state index in [1.165, 1.54) is 10.9 Å². The van der Waals surface area contributed by atoms with Gasteiger partial charge < -0.3 is 10.5 Å². The molecule has 1 aromatic rings.